The Hall–Kier alpha value is -0.560. The van der Waals surface area contributed by atoms with E-state index in [4.69, 9.17) is 0 Å². The summed E-state index contributed by atoms with van der Waals surface area (Å²) < 4.78 is 0. The van der Waals surface area contributed by atoms with E-state index in [0.717, 1.165) is 48.3 Å². The SMILES string of the molecule is CC[C@@H](/C=C/[C@H](C)[C@@H]1CC[C@@H]2[C@H]3CC=C4C[C@@H](O)CC[C@]4(C)[C@@H]3CC[C@@]21C)C(C)C. The van der Waals surface area contributed by atoms with Crippen LogP contribution in [0.4, 0.5) is 0 Å². The fourth-order valence-electron chi connectivity index (χ4n) is 8.83. The van der Waals surface area contributed by atoms with Crippen molar-refractivity contribution < 1.29 is 5.11 Å². The van der Waals surface area contributed by atoms with Gasteiger partial charge in [0.25, 0.3) is 0 Å². The second kappa shape index (κ2) is 8.42. The third-order valence-electron chi connectivity index (χ3n) is 10.8. The van der Waals surface area contributed by atoms with Gasteiger partial charge < -0.3 is 5.11 Å². The van der Waals surface area contributed by atoms with E-state index in [2.05, 4.69) is 59.8 Å². The van der Waals surface area contributed by atoms with Crippen LogP contribution in [0.3, 0.4) is 0 Å². The summed E-state index contributed by atoms with van der Waals surface area (Å²) in [6.45, 7) is 14.8. The van der Waals surface area contributed by atoms with Crippen molar-refractivity contribution in [2.24, 2.45) is 52.3 Å². The maximum Gasteiger partial charge on any atom is 0.0577 e. The fraction of sp³-hybridized carbons (Fsp3) is 0.862. The molecule has 4 rings (SSSR count). The number of aliphatic hydroxyl groups excluding tert-OH is 1. The molecule has 9 atom stereocenters. The highest BCUT2D eigenvalue weighted by atomic mass is 16.3. The Morgan fingerprint density at radius 3 is 2.50 bits per heavy atom. The Bertz CT molecular complexity index is 674. The first-order valence-corrected chi connectivity index (χ1v) is 13.3. The van der Waals surface area contributed by atoms with Crippen LogP contribution in [0.1, 0.15) is 99.3 Å². The van der Waals surface area contributed by atoms with Gasteiger partial charge in [-0.05, 0) is 110 Å². The smallest absolute Gasteiger partial charge is 0.0577 e. The number of fused-ring (bicyclic) bond motifs is 5. The molecular weight excluding hydrogens is 364 g/mol. The van der Waals surface area contributed by atoms with E-state index in [0.29, 0.717) is 16.7 Å². The third kappa shape index (κ3) is 3.66. The molecule has 0 aromatic heterocycles. The van der Waals surface area contributed by atoms with Crippen LogP contribution < -0.4 is 0 Å². The molecule has 0 bridgehead atoms. The first-order chi connectivity index (χ1) is 14.2. The molecule has 30 heavy (non-hydrogen) atoms. The van der Waals surface area contributed by atoms with Crippen LogP contribution in [0.15, 0.2) is 23.8 Å². The highest BCUT2D eigenvalue weighted by molar-refractivity contribution is 5.25. The van der Waals surface area contributed by atoms with Crippen LogP contribution in [0.2, 0.25) is 0 Å². The molecule has 1 nitrogen and oxygen atoms in total. The summed E-state index contributed by atoms with van der Waals surface area (Å²) >= 11 is 0. The third-order valence-corrected chi connectivity index (χ3v) is 10.8. The van der Waals surface area contributed by atoms with Crippen molar-refractivity contribution in [1.82, 2.24) is 0 Å². The summed E-state index contributed by atoms with van der Waals surface area (Å²) in [7, 11) is 0. The average Bonchev–Trinajstić information content (AvgIpc) is 3.06. The van der Waals surface area contributed by atoms with Gasteiger partial charge in [-0.3, -0.25) is 0 Å². The lowest BCUT2D eigenvalue weighted by molar-refractivity contribution is -0.0540. The largest absolute Gasteiger partial charge is 0.393 e. The fourth-order valence-corrected chi connectivity index (χ4v) is 8.83. The van der Waals surface area contributed by atoms with Crippen molar-refractivity contribution in [2.75, 3.05) is 0 Å². The van der Waals surface area contributed by atoms with Crippen LogP contribution in [-0.2, 0) is 0 Å². The molecule has 170 valence electrons. The summed E-state index contributed by atoms with van der Waals surface area (Å²) in [5.74, 6) is 5.70. The molecule has 1 N–H and O–H groups in total. The van der Waals surface area contributed by atoms with E-state index >= 15 is 0 Å². The topological polar surface area (TPSA) is 20.2 Å². The van der Waals surface area contributed by atoms with Crippen molar-refractivity contribution in [2.45, 2.75) is 105 Å². The van der Waals surface area contributed by atoms with Gasteiger partial charge in [-0.25, -0.2) is 0 Å². The normalized spacial score (nSPS) is 45.6. The molecule has 0 spiro atoms. The molecule has 0 aromatic rings. The maximum atomic E-state index is 10.2. The van der Waals surface area contributed by atoms with Crippen LogP contribution in [-0.4, -0.2) is 11.2 Å². The molecule has 4 aliphatic carbocycles. The number of aliphatic hydroxyl groups is 1. The first kappa shape index (κ1) is 22.6. The zero-order valence-electron chi connectivity index (χ0n) is 20.7. The molecule has 0 heterocycles. The molecule has 3 saturated carbocycles. The van der Waals surface area contributed by atoms with Gasteiger partial charge in [0.2, 0.25) is 0 Å². The predicted octanol–water partition coefficient (Wildman–Crippen LogP) is 7.80. The second-order valence-electron chi connectivity index (χ2n) is 12.4. The quantitative estimate of drug-likeness (QED) is 0.457. The van der Waals surface area contributed by atoms with Crippen molar-refractivity contribution in [1.29, 1.82) is 0 Å². The van der Waals surface area contributed by atoms with E-state index < -0.39 is 0 Å². The lowest BCUT2D eigenvalue weighted by Gasteiger charge is -2.58. The van der Waals surface area contributed by atoms with Crippen LogP contribution in [0.25, 0.3) is 0 Å². The molecule has 0 unspecified atom stereocenters. The summed E-state index contributed by atoms with van der Waals surface area (Å²) in [5.41, 5.74) is 2.51. The van der Waals surface area contributed by atoms with Crippen LogP contribution >= 0.6 is 0 Å². The van der Waals surface area contributed by atoms with Gasteiger partial charge in [0, 0.05) is 0 Å². The summed E-state index contributed by atoms with van der Waals surface area (Å²) in [4.78, 5) is 0. The van der Waals surface area contributed by atoms with Crippen LogP contribution in [0.5, 0.6) is 0 Å². The molecule has 4 aliphatic rings. The molecule has 1 heteroatoms. The highest BCUT2D eigenvalue weighted by Gasteiger charge is 2.58. The van der Waals surface area contributed by atoms with Gasteiger partial charge >= 0.3 is 0 Å². The Balaban J connectivity index is 1.52. The molecular formula is C29H48O. The number of hydrogen-bond acceptors (Lipinski definition) is 1. The lowest BCUT2D eigenvalue weighted by atomic mass is 9.47. The van der Waals surface area contributed by atoms with Gasteiger partial charge in [-0.1, -0.05) is 65.3 Å². The molecule has 0 saturated heterocycles. The van der Waals surface area contributed by atoms with E-state index in [1.54, 1.807) is 5.57 Å². The van der Waals surface area contributed by atoms with Crippen molar-refractivity contribution in [3.8, 4) is 0 Å². The van der Waals surface area contributed by atoms with E-state index in [-0.39, 0.29) is 6.10 Å². The van der Waals surface area contributed by atoms with Crippen molar-refractivity contribution >= 4 is 0 Å². The van der Waals surface area contributed by atoms with E-state index in [1.807, 2.05) is 0 Å². The van der Waals surface area contributed by atoms with Gasteiger partial charge in [0.05, 0.1) is 6.10 Å². The van der Waals surface area contributed by atoms with E-state index in [9.17, 15) is 5.11 Å². The standard InChI is InChI=1S/C29H48O/c1-7-21(19(2)3)9-8-20(4)25-12-13-26-24-11-10-22-18-23(30)14-16-28(22,5)27(24)15-17-29(25,26)6/h8-10,19-21,23-27,30H,7,11-18H2,1-6H3/b9-8+/t20-,21-,23-,24+,25-,26+,27+,28-,29+/m0/s1. The molecule has 0 aromatic carbocycles. The van der Waals surface area contributed by atoms with Gasteiger partial charge in [0.1, 0.15) is 0 Å². The number of allylic oxidation sites excluding steroid dienone is 3. The summed E-state index contributed by atoms with van der Waals surface area (Å²) in [6.07, 6.45) is 19.1. The molecule has 0 aliphatic heterocycles. The molecule has 3 fully saturated rings. The maximum absolute atomic E-state index is 10.2. The molecule has 0 amide bonds. The Kier molecular flexibility index (Phi) is 6.35. The zero-order valence-corrected chi connectivity index (χ0v) is 20.7. The minimum absolute atomic E-state index is 0.0870. The Morgan fingerprint density at radius 1 is 1.03 bits per heavy atom. The van der Waals surface area contributed by atoms with Gasteiger partial charge in [0.15, 0.2) is 0 Å². The summed E-state index contributed by atoms with van der Waals surface area (Å²) in [5, 5.41) is 10.2. The monoisotopic (exact) mass is 412 g/mol. The number of hydrogen-bond donors (Lipinski definition) is 1. The van der Waals surface area contributed by atoms with E-state index in [1.165, 1.54) is 44.9 Å². The second-order valence-corrected chi connectivity index (χ2v) is 12.4. The minimum Gasteiger partial charge on any atom is -0.393 e. The zero-order chi connectivity index (χ0) is 21.7. The van der Waals surface area contributed by atoms with Crippen molar-refractivity contribution in [3.05, 3.63) is 23.8 Å². The predicted molar refractivity (Wildman–Crippen MR) is 128 cm³/mol. The summed E-state index contributed by atoms with van der Waals surface area (Å²) in [6, 6.07) is 0. The van der Waals surface area contributed by atoms with Crippen LogP contribution in [0, 0.1) is 52.3 Å². The molecule has 0 radical (unpaired) electrons. The number of rotatable bonds is 5. The first-order valence-electron chi connectivity index (χ1n) is 13.3. The Morgan fingerprint density at radius 2 is 1.80 bits per heavy atom. The van der Waals surface area contributed by atoms with Crippen molar-refractivity contribution in [3.63, 3.8) is 0 Å². The van der Waals surface area contributed by atoms with Gasteiger partial charge in [-0.15, -0.1) is 0 Å². The lowest BCUT2D eigenvalue weighted by Crippen LogP contribution is -2.50. The van der Waals surface area contributed by atoms with Gasteiger partial charge in [-0.2, -0.15) is 0 Å². The highest BCUT2D eigenvalue weighted by Crippen LogP contribution is 2.67. The Labute approximate surface area is 186 Å². The average molecular weight is 413 g/mol. The minimum atomic E-state index is -0.0870.